The van der Waals surface area contributed by atoms with Crippen LogP contribution in [0.2, 0.25) is 5.02 Å². The van der Waals surface area contributed by atoms with Crippen LogP contribution in [0.1, 0.15) is 26.2 Å². The molecule has 0 radical (unpaired) electrons. The molecule has 6 nitrogen and oxygen atoms in total. The number of hydrogen-bond acceptors (Lipinski definition) is 5. The summed E-state index contributed by atoms with van der Waals surface area (Å²) in [6.45, 7) is 4.57. The van der Waals surface area contributed by atoms with Crippen molar-refractivity contribution in [3.63, 3.8) is 0 Å². The van der Waals surface area contributed by atoms with Gasteiger partial charge < -0.3 is 14.8 Å². The Morgan fingerprint density at radius 3 is 2.92 bits per heavy atom. The Labute approximate surface area is 155 Å². The van der Waals surface area contributed by atoms with Crippen LogP contribution < -0.4 is 14.8 Å². The van der Waals surface area contributed by atoms with Crippen LogP contribution in [-0.4, -0.2) is 47.9 Å². The van der Waals surface area contributed by atoms with Crippen LogP contribution in [0.4, 0.5) is 0 Å². The Morgan fingerprint density at radius 2 is 2.24 bits per heavy atom. The molecule has 8 heteroatoms. The average molecular weight is 391 g/mol. The van der Waals surface area contributed by atoms with Gasteiger partial charge in [-0.1, -0.05) is 11.6 Å². The van der Waals surface area contributed by atoms with Crippen LogP contribution in [0.15, 0.2) is 23.1 Å². The first kappa shape index (κ1) is 20.5. The van der Waals surface area contributed by atoms with Crippen LogP contribution in [0.3, 0.4) is 0 Å². The zero-order valence-electron chi connectivity index (χ0n) is 14.8. The van der Waals surface area contributed by atoms with E-state index in [0.717, 1.165) is 32.4 Å². The summed E-state index contributed by atoms with van der Waals surface area (Å²) in [7, 11) is -2.12. The Bertz CT molecular complexity index is 648. The largest absolute Gasteiger partial charge is 0.487 e. The first-order valence-electron chi connectivity index (χ1n) is 8.58. The van der Waals surface area contributed by atoms with Gasteiger partial charge in [0.2, 0.25) is 10.0 Å². The van der Waals surface area contributed by atoms with Gasteiger partial charge >= 0.3 is 0 Å². The van der Waals surface area contributed by atoms with E-state index in [1.807, 2.05) is 6.92 Å². The van der Waals surface area contributed by atoms with E-state index < -0.39 is 10.0 Å². The van der Waals surface area contributed by atoms with Crippen LogP contribution in [0.5, 0.6) is 5.75 Å². The lowest BCUT2D eigenvalue weighted by molar-refractivity contribution is 0.0901. The molecule has 0 bridgehead atoms. The number of rotatable bonds is 9. The van der Waals surface area contributed by atoms with Gasteiger partial charge in [-0.2, -0.15) is 0 Å². The van der Waals surface area contributed by atoms with Gasteiger partial charge in [0.05, 0.1) is 6.61 Å². The van der Waals surface area contributed by atoms with Gasteiger partial charge in [-0.05, 0) is 63.4 Å². The summed E-state index contributed by atoms with van der Waals surface area (Å²) in [5.74, 6) is 0.786. The fourth-order valence-electron chi connectivity index (χ4n) is 2.92. The van der Waals surface area contributed by atoms with Crippen molar-refractivity contribution in [1.29, 1.82) is 0 Å². The number of ether oxygens (including phenoxy) is 2. The predicted molar refractivity (Wildman–Crippen MR) is 98.8 cm³/mol. The molecular weight excluding hydrogens is 364 g/mol. The van der Waals surface area contributed by atoms with Gasteiger partial charge in [-0.15, -0.1) is 0 Å². The average Bonchev–Trinajstić information content (AvgIpc) is 2.57. The molecule has 1 fully saturated rings. The third-order valence-corrected chi connectivity index (χ3v) is 5.89. The van der Waals surface area contributed by atoms with E-state index in [9.17, 15) is 8.42 Å². The second-order valence-electron chi connectivity index (χ2n) is 6.37. The minimum atomic E-state index is -3.70. The topological polar surface area (TPSA) is 76.7 Å². The van der Waals surface area contributed by atoms with Gasteiger partial charge in [-0.3, -0.25) is 0 Å². The standard InChI is InChI=1S/C17H27ClN2O4S/c1-13(12-23-2)24-16-6-5-15(18)10-17(16)25(21,22)20-9-7-14-4-3-8-19-11-14/h5-6,10,13-14,19-20H,3-4,7-9,11-12H2,1-2H3. The summed E-state index contributed by atoms with van der Waals surface area (Å²) in [6.07, 6.45) is 2.81. The summed E-state index contributed by atoms with van der Waals surface area (Å²) in [4.78, 5) is 0.0599. The zero-order valence-corrected chi connectivity index (χ0v) is 16.3. The van der Waals surface area contributed by atoms with Crippen molar-refractivity contribution >= 4 is 21.6 Å². The minimum absolute atomic E-state index is 0.0599. The van der Waals surface area contributed by atoms with Crippen LogP contribution in [0, 0.1) is 5.92 Å². The zero-order chi connectivity index (χ0) is 18.3. The number of halogens is 1. The molecule has 1 aliphatic rings. The molecule has 0 spiro atoms. The van der Waals surface area contributed by atoms with E-state index in [1.54, 1.807) is 19.2 Å². The van der Waals surface area contributed by atoms with Crippen molar-refractivity contribution in [3.8, 4) is 5.75 Å². The number of benzene rings is 1. The number of hydrogen-bond donors (Lipinski definition) is 2. The van der Waals surface area contributed by atoms with E-state index >= 15 is 0 Å². The fraction of sp³-hybridized carbons (Fsp3) is 0.647. The molecule has 1 heterocycles. The van der Waals surface area contributed by atoms with Gasteiger partial charge in [0.1, 0.15) is 16.7 Å². The summed E-state index contributed by atoms with van der Waals surface area (Å²) in [5, 5.41) is 3.69. The molecule has 1 aliphatic heterocycles. The lowest BCUT2D eigenvalue weighted by Gasteiger charge is -2.23. The number of sulfonamides is 1. The lowest BCUT2D eigenvalue weighted by atomic mass is 9.96. The van der Waals surface area contributed by atoms with Crippen molar-refractivity contribution in [2.45, 2.75) is 37.2 Å². The first-order valence-corrected chi connectivity index (χ1v) is 10.4. The molecular formula is C17H27ClN2O4S. The predicted octanol–water partition coefficient (Wildman–Crippen LogP) is 2.42. The number of piperidine rings is 1. The van der Waals surface area contributed by atoms with Crippen molar-refractivity contribution < 1.29 is 17.9 Å². The van der Waals surface area contributed by atoms with Crippen molar-refractivity contribution in [2.24, 2.45) is 5.92 Å². The highest BCUT2D eigenvalue weighted by Gasteiger charge is 2.22. The molecule has 0 aliphatic carbocycles. The van der Waals surface area contributed by atoms with Crippen molar-refractivity contribution in [3.05, 3.63) is 23.2 Å². The molecule has 1 saturated heterocycles. The molecule has 0 saturated carbocycles. The normalized spacial score (nSPS) is 19.6. The Kier molecular flexibility index (Phi) is 7.96. The maximum atomic E-state index is 12.7. The third kappa shape index (κ3) is 6.42. The monoisotopic (exact) mass is 390 g/mol. The van der Waals surface area contributed by atoms with Gasteiger partial charge in [0.15, 0.2) is 0 Å². The summed E-state index contributed by atoms with van der Waals surface area (Å²) >= 11 is 6.00. The van der Waals surface area contributed by atoms with Crippen LogP contribution in [0.25, 0.3) is 0 Å². The maximum Gasteiger partial charge on any atom is 0.244 e. The van der Waals surface area contributed by atoms with E-state index in [1.165, 1.54) is 6.07 Å². The molecule has 0 aromatic heterocycles. The summed E-state index contributed by atoms with van der Waals surface area (Å²) in [5.41, 5.74) is 0. The van der Waals surface area contributed by atoms with E-state index in [-0.39, 0.29) is 16.7 Å². The van der Waals surface area contributed by atoms with Crippen LogP contribution in [-0.2, 0) is 14.8 Å². The fourth-order valence-corrected chi connectivity index (χ4v) is 4.36. The molecule has 142 valence electrons. The van der Waals surface area contributed by atoms with Crippen molar-refractivity contribution in [1.82, 2.24) is 10.0 Å². The van der Waals surface area contributed by atoms with E-state index in [4.69, 9.17) is 21.1 Å². The van der Waals surface area contributed by atoms with E-state index in [0.29, 0.717) is 24.1 Å². The highest BCUT2D eigenvalue weighted by atomic mass is 35.5. The minimum Gasteiger partial charge on any atom is -0.487 e. The molecule has 1 aromatic rings. The molecule has 2 N–H and O–H groups in total. The lowest BCUT2D eigenvalue weighted by Crippen LogP contribution is -2.33. The SMILES string of the molecule is COCC(C)Oc1ccc(Cl)cc1S(=O)(=O)NCCC1CCCNC1. The van der Waals surface area contributed by atoms with Crippen molar-refractivity contribution in [2.75, 3.05) is 33.4 Å². The van der Waals surface area contributed by atoms with Crippen LogP contribution >= 0.6 is 11.6 Å². The quantitative estimate of drug-likeness (QED) is 0.677. The Hall–Kier alpha value is -0.860. The smallest absolute Gasteiger partial charge is 0.244 e. The Morgan fingerprint density at radius 1 is 1.44 bits per heavy atom. The molecule has 25 heavy (non-hydrogen) atoms. The third-order valence-electron chi connectivity index (χ3n) is 4.17. The molecule has 0 amide bonds. The molecule has 2 atom stereocenters. The van der Waals surface area contributed by atoms with Gasteiger partial charge in [0, 0.05) is 18.7 Å². The first-order chi connectivity index (χ1) is 11.9. The molecule has 2 unspecified atom stereocenters. The second kappa shape index (κ2) is 9.73. The highest BCUT2D eigenvalue weighted by Crippen LogP contribution is 2.28. The number of methoxy groups -OCH3 is 1. The molecule has 2 rings (SSSR count). The Balaban J connectivity index is 2.04. The highest BCUT2D eigenvalue weighted by molar-refractivity contribution is 7.89. The second-order valence-corrected chi connectivity index (χ2v) is 8.55. The summed E-state index contributed by atoms with van der Waals surface area (Å²) < 4.78 is 38.8. The van der Waals surface area contributed by atoms with Gasteiger partial charge in [0.25, 0.3) is 0 Å². The maximum absolute atomic E-state index is 12.7. The molecule has 1 aromatic carbocycles. The van der Waals surface area contributed by atoms with E-state index in [2.05, 4.69) is 10.0 Å². The summed E-state index contributed by atoms with van der Waals surface area (Å²) in [6, 6.07) is 4.61. The number of nitrogens with one attached hydrogen (secondary N) is 2. The van der Waals surface area contributed by atoms with Gasteiger partial charge in [-0.25, -0.2) is 13.1 Å².